The molecule has 2 nitrogen and oxygen atoms in total. The number of ether oxygens (including phenoxy) is 2. The van der Waals surface area contributed by atoms with Crippen LogP contribution in [0, 0.1) is 5.92 Å². The smallest absolute Gasteiger partial charge is 0.127 e. The van der Waals surface area contributed by atoms with Crippen LogP contribution >= 0.6 is 15.9 Å². The average Bonchev–Trinajstić information content (AvgIpc) is 2.74. The molecule has 3 heteroatoms. The van der Waals surface area contributed by atoms with Crippen molar-refractivity contribution >= 4 is 26.7 Å². The summed E-state index contributed by atoms with van der Waals surface area (Å²) in [7, 11) is 0. The zero-order chi connectivity index (χ0) is 20.2. The Balaban J connectivity index is 1.97. The van der Waals surface area contributed by atoms with Gasteiger partial charge < -0.3 is 9.47 Å². The van der Waals surface area contributed by atoms with Crippen LogP contribution in [0.4, 0.5) is 0 Å². The zero-order valence-corrected chi connectivity index (χ0v) is 19.5. The summed E-state index contributed by atoms with van der Waals surface area (Å²) in [6.07, 6.45) is 9.63. The van der Waals surface area contributed by atoms with E-state index in [1.165, 1.54) is 44.9 Å². The maximum Gasteiger partial charge on any atom is 0.127 e. The summed E-state index contributed by atoms with van der Waals surface area (Å²) in [6.45, 7) is 8.30. The summed E-state index contributed by atoms with van der Waals surface area (Å²) >= 11 is 3.70. The number of unbranched alkanes of at least 4 members (excludes halogenated alkanes) is 2. The Morgan fingerprint density at radius 1 is 0.786 bits per heavy atom. The first-order valence-corrected chi connectivity index (χ1v) is 12.0. The van der Waals surface area contributed by atoms with Gasteiger partial charge >= 0.3 is 0 Å². The van der Waals surface area contributed by atoms with Gasteiger partial charge in [0.1, 0.15) is 11.5 Å². The second-order valence-electron chi connectivity index (χ2n) is 7.68. The first kappa shape index (κ1) is 23.1. The minimum Gasteiger partial charge on any atom is -0.493 e. The summed E-state index contributed by atoms with van der Waals surface area (Å²) < 4.78 is 12.4. The van der Waals surface area contributed by atoms with Crippen LogP contribution < -0.4 is 9.47 Å². The lowest BCUT2D eigenvalue weighted by molar-refractivity contribution is 0.235. The van der Waals surface area contributed by atoms with Gasteiger partial charge in [-0.25, -0.2) is 0 Å². The van der Waals surface area contributed by atoms with E-state index < -0.39 is 0 Å². The highest BCUT2D eigenvalue weighted by molar-refractivity contribution is 9.09. The first-order valence-electron chi connectivity index (χ1n) is 11.1. The van der Waals surface area contributed by atoms with E-state index in [1.54, 1.807) is 0 Å². The van der Waals surface area contributed by atoms with Crippen molar-refractivity contribution in [2.75, 3.05) is 13.2 Å². The number of rotatable bonds is 14. The van der Waals surface area contributed by atoms with Gasteiger partial charge in [0.15, 0.2) is 0 Å². The van der Waals surface area contributed by atoms with E-state index in [2.05, 4.69) is 73.1 Å². The van der Waals surface area contributed by atoms with Crippen molar-refractivity contribution in [2.45, 2.75) is 77.0 Å². The third-order valence-electron chi connectivity index (χ3n) is 5.47. The Labute approximate surface area is 180 Å². The molecule has 0 fully saturated rings. The molecule has 0 saturated heterocycles. The highest BCUT2D eigenvalue weighted by atomic mass is 79.9. The number of hydrogen-bond acceptors (Lipinski definition) is 2. The van der Waals surface area contributed by atoms with E-state index in [-0.39, 0.29) is 0 Å². The Morgan fingerprint density at radius 2 is 1.46 bits per heavy atom. The summed E-state index contributed by atoms with van der Waals surface area (Å²) in [5, 5.41) is 2.30. The molecular formula is C25H37BrO2. The van der Waals surface area contributed by atoms with Crippen LogP contribution in [0.2, 0.25) is 0 Å². The lowest BCUT2D eigenvalue weighted by Crippen LogP contribution is -2.11. The molecule has 28 heavy (non-hydrogen) atoms. The number of alkyl halides is 1. The summed E-state index contributed by atoms with van der Waals surface area (Å²) in [5.74, 6) is 2.57. The Kier molecular flexibility index (Phi) is 10.8. The molecule has 0 spiro atoms. The third-order valence-corrected chi connectivity index (χ3v) is 6.58. The van der Waals surface area contributed by atoms with Gasteiger partial charge in [0, 0.05) is 15.6 Å². The maximum atomic E-state index is 6.25. The Morgan fingerprint density at radius 3 is 2.07 bits per heavy atom. The molecule has 2 aromatic rings. The third kappa shape index (κ3) is 7.31. The average molecular weight is 449 g/mol. The molecule has 0 bridgehead atoms. The molecule has 0 aromatic heterocycles. The van der Waals surface area contributed by atoms with Crippen LogP contribution in [0.3, 0.4) is 0 Å². The van der Waals surface area contributed by atoms with Crippen molar-refractivity contribution in [1.29, 1.82) is 0 Å². The topological polar surface area (TPSA) is 18.5 Å². The monoisotopic (exact) mass is 448 g/mol. The van der Waals surface area contributed by atoms with Crippen molar-refractivity contribution in [3.05, 3.63) is 36.4 Å². The van der Waals surface area contributed by atoms with E-state index in [1.807, 2.05) is 0 Å². The van der Waals surface area contributed by atoms with Gasteiger partial charge in [0.05, 0.1) is 13.2 Å². The van der Waals surface area contributed by atoms with Gasteiger partial charge in [-0.1, -0.05) is 80.2 Å². The van der Waals surface area contributed by atoms with Gasteiger partial charge in [-0.2, -0.15) is 0 Å². The predicted molar refractivity (Wildman–Crippen MR) is 125 cm³/mol. The van der Waals surface area contributed by atoms with Crippen LogP contribution in [0.15, 0.2) is 36.4 Å². The van der Waals surface area contributed by atoms with E-state index in [0.29, 0.717) is 10.7 Å². The summed E-state index contributed by atoms with van der Waals surface area (Å²) in [6, 6.07) is 12.6. The second kappa shape index (κ2) is 13.1. The highest BCUT2D eigenvalue weighted by Crippen LogP contribution is 2.33. The molecule has 0 aliphatic rings. The van der Waals surface area contributed by atoms with E-state index >= 15 is 0 Å². The largest absolute Gasteiger partial charge is 0.493 e. The standard InChI is InChI=1S/C25H37BrO2/c1-4-7-12-20(5-2)19-28-25-17-16-24(22-14-8-9-15-23(22)25)27-18-11-10-13-21(26)6-3/h8-9,14-17,20-21H,4-7,10-13,18-19H2,1-3H3. The Bertz CT molecular complexity index is 685. The van der Waals surface area contributed by atoms with Gasteiger partial charge in [0.2, 0.25) is 0 Å². The summed E-state index contributed by atoms with van der Waals surface area (Å²) in [5.41, 5.74) is 0. The fourth-order valence-corrected chi connectivity index (χ4v) is 3.78. The molecule has 0 aliphatic carbocycles. The lowest BCUT2D eigenvalue weighted by atomic mass is 10.0. The number of benzene rings is 2. The van der Waals surface area contributed by atoms with Crippen LogP contribution in [-0.4, -0.2) is 18.0 Å². The molecule has 0 aliphatic heterocycles. The van der Waals surface area contributed by atoms with Crippen molar-refractivity contribution in [1.82, 2.24) is 0 Å². The lowest BCUT2D eigenvalue weighted by Gasteiger charge is -2.18. The molecule has 2 aromatic carbocycles. The predicted octanol–water partition coefficient (Wildman–Crippen LogP) is 8.16. The quantitative estimate of drug-likeness (QED) is 0.214. The van der Waals surface area contributed by atoms with Crippen LogP contribution in [-0.2, 0) is 0 Å². The van der Waals surface area contributed by atoms with Crippen LogP contribution in [0.5, 0.6) is 11.5 Å². The highest BCUT2D eigenvalue weighted by Gasteiger charge is 2.11. The molecule has 2 rings (SSSR count). The molecule has 156 valence electrons. The van der Waals surface area contributed by atoms with Crippen molar-refractivity contribution in [2.24, 2.45) is 5.92 Å². The van der Waals surface area contributed by atoms with Crippen LogP contribution in [0.1, 0.15) is 72.1 Å². The van der Waals surface area contributed by atoms with Crippen LogP contribution in [0.25, 0.3) is 10.8 Å². The molecule has 2 atom stereocenters. The SMILES string of the molecule is CCCCC(CC)COc1ccc(OCCCCC(Br)CC)c2ccccc12. The first-order chi connectivity index (χ1) is 13.7. The molecular weight excluding hydrogens is 412 g/mol. The minimum absolute atomic E-state index is 0.633. The van der Waals surface area contributed by atoms with Crippen molar-refractivity contribution < 1.29 is 9.47 Å². The van der Waals surface area contributed by atoms with E-state index in [0.717, 1.165) is 41.9 Å². The number of hydrogen-bond donors (Lipinski definition) is 0. The second-order valence-corrected chi connectivity index (χ2v) is 8.98. The van der Waals surface area contributed by atoms with Crippen molar-refractivity contribution in [3.8, 4) is 11.5 Å². The van der Waals surface area contributed by atoms with E-state index in [9.17, 15) is 0 Å². The fourth-order valence-electron chi connectivity index (χ4n) is 3.46. The molecule has 2 unspecified atom stereocenters. The molecule has 0 radical (unpaired) electrons. The van der Waals surface area contributed by atoms with Gasteiger partial charge in [0.25, 0.3) is 0 Å². The minimum atomic E-state index is 0.633. The zero-order valence-electron chi connectivity index (χ0n) is 17.9. The van der Waals surface area contributed by atoms with E-state index in [4.69, 9.17) is 9.47 Å². The normalized spacial score (nSPS) is 13.4. The molecule has 0 saturated carbocycles. The summed E-state index contributed by atoms with van der Waals surface area (Å²) in [4.78, 5) is 0.633. The molecule has 0 heterocycles. The number of halogens is 1. The molecule has 0 N–H and O–H groups in total. The van der Waals surface area contributed by atoms with Gasteiger partial charge in [-0.3, -0.25) is 0 Å². The fraction of sp³-hybridized carbons (Fsp3) is 0.600. The van der Waals surface area contributed by atoms with Gasteiger partial charge in [-0.15, -0.1) is 0 Å². The number of fused-ring (bicyclic) bond motifs is 1. The maximum absolute atomic E-state index is 6.25. The van der Waals surface area contributed by atoms with Gasteiger partial charge in [-0.05, 0) is 50.2 Å². The molecule has 0 amide bonds. The van der Waals surface area contributed by atoms with Crippen molar-refractivity contribution in [3.63, 3.8) is 0 Å². The Hall–Kier alpha value is -1.22.